The van der Waals surface area contributed by atoms with Gasteiger partial charge in [0.2, 0.25) is 0 Å². The van der Waals surface area contributed by atoms with E-state index in [1.54, 1.807) is 31.5 Å². The van der Waals surface area contributed by atoms with Gasteiger partial charge in [0.25, 0.3) is 5.91 Å². The van der Waals surface area contributed by atoms with Crippen molar-refractivity contribution in [1.29, 1.82) is 0 Å². The van der Waals surface area contributed by atoms with E-state index in [4.69, 9.17) is 4.74 Å². The first kappa shape index (κ1) is 14.1. The van der Waals surface area contributed by atoms with Crippen LogP contribution in [-0.4, -0.2) is 17.0 Å². The number of benzene rings is 1. The maximum Gasteiger partial charge on any atom is 0.265 e. The largest absolute Gasteiger partial charge is 0.481 e. The predicted octanol–water partition coefficient (Wildman–Crippen LogP) is 3.05. The molecule has 104 valence electrons. The van der Waals surface area contributed by atoms with Crippen molar-refractivity contribution in [2.45, 2.75) is 26.4 Å². The van der Waals surface area contributed by atoms with Gasteiger partial charge in [0.15, 0.2) is 6.10 Å². The molecule has 0 aliphatic carbocycles. The van der Waals surface area contributed by atoms with Gasteiger partial charge in [-0.05, 0) is 37.1 Å². The lowest BCUT2D eigenvalue weighted by molar-refractivity contribution is -0.122. The van der Waals surface area contributed by atoms with Crippen LogP contribution in [0.2, 0.25) is 0 Å². The Labute approximate surface area is 118 Å². The summed E-state index contributed by atoms with van der Waals surface area (Å²) in [5, 5.41) is 2.77. The van der Waals surface area contributed by atoms with E-state index >= 15 is 0 Å². The number of nitrogens with zero attached hydrogens (tertiary/aromatic N) is 1. The molecule has 0 unspecified atom stereocenters. The van der Waals surface area contributed by atoms with Gasteiger partial charge in [-0.25, -0.2) is 0 Å². The van der Waals surface area contributed by atoms with E-state index in [0.717, 1.165) is 17.7 Å². The predicted molar refractivity (Wildman–Crippen MR) is 78.8 cm³/mol. The van der Waals surface area contributed by atoms with Crippen LogP contribution in [0, 0.1) is 0 Å². The van der Waals surface area contributed by atoms with Gasteiger partial charge < -0.3 is 10.1 Å². The topological polar surface area (TPSA) is 51.2 Å². The number of ether oxygens (including phenoxy) is 1. The standard InChI is InChI=1S/C16H18N2O2/c1-3-13-7-4-5-9-15(13)20-12(2)16(19)18-14-8-6-10-17-11-14/h4-12H,3H2,1-2H3,(H,18,19)/t12-/m0/s1. The van der Waals surface area contributed by atoms with Gasteiger partial charge in [-0.15, -0.1) is 0 Å². The zero-order valence-corrected chi connectivity index (χ0v) is 11.7. The van der Waals surface area contributed by atoms with Crippen molar-refractivity contribution in [3.63, 3.8) is 0 Å². The number of rotatable bonds is 5. The minimum absolute atomic E-state index is 0.191. The van der Waals surface area contributed by atoms with E-state index in [9.17, 15) is 4.79 Å². The molecule has 0 spiro atoms. The smallest absolute Gasteiger partial charge is 0.265 e. The van der Waals surface area contributed by atoms with E-state index in [1.807, 2.05) is 24.3 Å². The minimum atomic E-state index is -0.567. The molecule has 4 nitrogen and oxygen atoms in total. The summed E-state index contributed by atoms with van der Waals surface area (Å²) < 4.78 is 5.74. The van der Waals surface area contributed by atoms with Crippen LogP contribution in [-0.2, 0) is 11.2 Å². The van der Waals surface area contributed by atoms with E-state index < -0.39 is 6.10 Å². The number of amides is 1. The van der Waals surface area contributed by atoms with Crippen LogP contribution in [0.15, 0.2) is 48.8 Å². The molecule has 1 heterocycles. The second-order valence-corrected chi connectivity index (χ2v) is 4.45. The second-order valence-electron chi connectivity index (χ2n) is 4.45. The summed E-state index contributed by atoms with van der Waals surface area (Å²) in [6.45, 7) is 3.79. The number of carbonyl (C=O) groups is 1. The summed E-state index contributed by atoms with van der Waals surface area (Å²) >= 11 is 0. The lowest BCUT2D eigenvalue weighted by atomic mass is 10.1. The highest BCUT2D eigenvalue weighted by Gasteiger charge is 2.16. The number of pyridine rings is 1. The van der Waals surface area contributed by atoms with Gasteiger partial charge in [-0.2, -0.15) is 0 Å². The molecule has 1 N–H and O–H groups in total. The summed E-state index contributed by atoms with van der Waals surface area (Å²) in [4.78, 5) is 16.0. The minimum Gasteiger partial charge on any atom is -0.481 e. The third kappa shape index (κ3) is 3.57. The number of aromatic nitrogens is 1. The Morgan fingerprint density at radius 2 is 2.10 bits per heavy atom. The normalized spacial score (nSPS) is 11.7. The first-order chi connectivity index (χ1) is 9.70. The van der Waals surface area contributed by atoms with Crippen LogP contribution >= 0.6 is 0 Å². The molecule has 20 heavy (non-hydrogen) atoms. The number of hydrogen-bond donors (Lipinski definition) is 1. The van der Waals surface area contributed by atoms with Gasteiger partial charge >= 0.3 is 0 Å². The van der Waals surface area contributed by atoms with Crippen LogP contribution < -0.4 is 10.1 Å². The molecule has 0 fully saturated rings. The Bertz CT molecular complexity index is 570. The molecule has 0 bridgehead atoms. The molecule has 0 saturated heterocycles. The highest BCUT2D eigenvalue weighted by atomic mass is 16.5. The number of anilines is 1. The summed E-state index contributed by atoms with van der Waals surface area (Å²) in [5.41, 5.74) is 1.75. The Hall–Kier alpha value is -2.36. The number of para-hydroxylation sites is 1. The third-order valence-electron chi connectivity index (χ3n) is 2.96. The van der Waals surface area contributed by atoms with E-state index in [2.05, 4.69) is 17.2 Å². The van der Waals surface area contributed by atoms with Crippen molar-refractivity contribution in [3.05, 3.63) is 54.4 Å². The van der Waals surface area contributed by atoms with Crippen molar-refractivity contribution < 1.29 is 9.53 Å². The third-order valence-corrected chi connectivity index (χ3v) is 2.96. The number of hydrogen-bond acceptors (Lipinski definition) is 3. The molecule has 0 saturated carbocycles. The lowest BCUT2D eigenvalue weighted by Gasteiger charge is -2.16. The molecule has 0 radical (unpaired) electrons. The Kier molecular flexibility index (Phi) is 4.71. The first-order valence-electron chi connectivity index (χ1n) is 6.66. The Morgan fingerprint density at radius 3 is 2.80 bits per heavy atom. The summed E-state index contributed by atoms with van der Waals surface area (Å²) in [7, 11) is 0. The van der Waals surface area contributed by atoms with Crippen LogP contribution in [0.1, 0.15) is 19.4 Å². The maximum atomic E-state index is 12.1. The summed E-state index contributed by atoms with van der Waals surface area (Å²) in [6, 6.07) is 11.3. The average Bonchev–Trinajstić information content (AvgIpc) is 2.48. The fourth-order valence-corrected chi connectivity index (χ4v) is 1.84. The molecule has 1 amide bonds. The zero-order valence-electron chi connectivity index (χ0n) is 11.7. The first-order valence-corrected chi connectivity index (χ1v) is 6.66. The molecule has 2 aromatic rings. The van der Waals surface area contributed by atoms with Gasteiger partial charge in [0.1, 0.15) is 5.75 Å². The molecule has 1 aromatic heterocycles. The van der Waals surface area contributed by atoms with Crippen LogP contribution in [0.5, 0.6) is 5.75 Å². The van der Waals surface area contributed by atoms with E-state index in [-0.39, 0.29) is 5.91 Å². The zero-order chi connectivity index (χ0) is 14.4. The van der Waals surface area contributed by atoms with Crippen molar-refractivity contribution in [1.82, 2.24) is 4.98 Å². The van der Waals surface area contributed by atoms with Crippen molar-refractivity contribution in [2.24, 2.45) is 0 Å². The fourth-order valence-electron chi connectivity index (χ4n) is 1.84. The number of aryl methyl sites for hydroxylation is 1. The molecule has 1 atom stereocenters. The van der Waals surface area contributed by atoms with Crippen molar-refractivity contribution >= 4 is 11.6 Å². The molecular weight excluding hydrogens is 252 g/mol. The molecule has 0 aliphatic heterocycles. The van der Waals surface area contributed by atoms with Crippen LogP contribution in [0.25, 0.3) is 0 Å². The lowest BCUT2D eigenvalue weighted by Crippen LogP contribution is -2.30. The van der Waals surface area contributed by atoms with Crippen LogP contribution in [0.3, 0.4) is 0 Å². The molecule has 2 rings (SSSR count). The monoisotopic (exact) mass is 270 g/mol. The Balaban J connectivity index is 2.01. The summed E-state index contributed by atoms with van der Waals surface area (Å²) in [5.74, 6) is 0.563. The molecule has 4 heteroatoms. The summed E-state index contributed by atoms with van der Waals surface area (Å²) in [6.07, 6.45) is 3.56. The molecular formula is C16H18N2O2. The highest BCUT2D eigenvalue weighted by Crippen LogP contribution is 2.20. The van der Waals surface area contributed by atoms with Gasteiger partial charge in [0, 0.05) is 6.20 Å². The van der Waals surface area contributed by atoms with E-state index in [1.165, 1.54) is 0 Å². The second kappa shape index (κ2) is 6.70. The molecule has 0 aliphatic rings. The average molecular weight is 270 g/mol. The number of carbonyl (C=O) groups excluding carboxylic acids is 1. The quantitative estimate of drug-likeness (QED) is 0.908. The molecule has 1 aromatic carbocycles. The Morgan fingerprint density at radius 1 is 1.30 bits per heavy atom. The van der Waals surface area contributed by atoms with Crippen molar-refractivity contribution in [3.8, 4) is 5.75 Å². The van der Waals surface area contributed by atoms with Crippen LogP contribution in [0.4, 0.5) is 5.69 Å². The SMILES string of the molecule is CCc1ccccc1O[C@@H](C)C(=O)Nc1cccnc1. The number of nitrogens with one attached hydrogen (secondary N) is 1. The van der Waals surface area contributed by atoms with E-state index in [0.29, 0.717) is 5.69 Å². The van der Waals surface area contributed by atoms with Gasteiger partial charge in [-0.1, -0.05) is 25.1 Å². The van der Waals surface area contributed by atoms with Crippen molar-refractivity contribution in [2.75, 3.05) is 5.32 Å². The van der Waals surface area contributed by atoms with Gasteiger partial charge in [0.05, 0.1) is 11.9 Å². The fraction of sp³-hybridized carbons (Fsp3) is 0.250. The highest BCUT2D eigenvalue weighted by molar-refractivity contribution is 5.93. The van der Waals surface area contributed by atoms with Gasteiger partial charge in [-0.3, -0.25) is 9.78 Å². The maximum absolute atomic E-state index is 12.1.